The Labute approximate surface area is 143 Å². The van der Waals surface area contributed by atoms with Gasteiger partial charge in [-0.05, 0) is 29.1 Å². The van der Waals surface area contributed by atoms with Crippen molar-refractivity contribution < 1.29 is 4.79 Å². The van der Waals surface area contributed by atoms with Crippen LogP contribution in [0.2, 0.25) is 0 Å². The smallest absolute Gasteiger partial charge is 0.266 e. The van der Waals surface area contributed by atoms with Gasteiger partial charge in [-0.25, -0.2) is 0 Å². The lowest BCUT2D eigenvalue weighted by Crippen LogP contribution is -2.39. The molecule has 0 spiro atoms. The molecule has 0 atom stereocenters. The molecule has 0 bridgehead atoms. The van der Waals surface area contributed by atoms with Gasteiger partial charge in [-0.1, -0.05) is 18.2 Å². The first-order valence-electron chi connectivity index (χ1n) is 8.12. The Hall–Kier alpha value is -3.33. The summed E-state index contributed by atoms with van der Waals surface area (Å²) in [6.45, 7) is 1.25. The summed E-state index contributed by atoms with van der Waals surface area (Å²) >= 11 is 0. The van der Waals surface area contributed by atoms with Crippen molar-refractivity contribution in [3.8, 4) is 6.07 Å². The van der Waals surface area contributed by atoms with E-state index < -0.39 is 0 Å². The zero-order chi connectivity index (χ0) is 17.4. The number of rotatable bonds is 2. The van der Waals surface area contributed by atoms with Crippen LogP contribution in [0.15, 0.2) is 47.4 Å². The average molecular weight is 332 g/mol. The fraction of sp³-hybridized carbons (Fsp3) is 0.211. The zero-order valence-electron chi connectivity index (χ0n) is 13.5. The van der Waals surface area contributed by atoms with Crippen LogP contribution in [0.5, 0.6) is 0 Å². The lowest BCUT2D eigenvalue weighted by Gasteiger charge is -2.29. The van der Waals surface area contributed by atoms with E-state index in [-0.39, 0.29) is 23.6 Å². The van der Waals surface area contributed by atoms with Crippen molar-refractivity contribution in [1.82, 2.24) is 14.5 Å². The molecule has 0 fully saturated rings. The van der Waals surface area contributed by atoms with Crippen molar-refractivity contribution in [3.63, 3.8) is 0 Å². The van der Waals surface area contributed by atoms with Crippen LogP contribution < -0.4 is 5.56 Å². The molecule has 6 heteroatoms. The van der Waals surface area contributed by atoms with Crippen LogP contribution in [0.25, 0.3) is 10.9 Å². The highest BCUT2D eigenvalue weighted by Gasteiger charge is 2.22. The maximum atomic E-state index is 12.7. The molecule has 25 heavy (non-hydrogen) atoms. The number of H-pyrrole nitrogens is 1. The van der Waals surface area contributed by atoms with Crippen molar-refractivity contribution in [2.75, 3.05) is 6.54 Å². The molecular weight excluding hydrogens is 316 g/mol. The summed E-state index contributed by atoms with van der Waals surface area (Å²) in [4.78, 5) is 28.9. The lowest BCUT2D eigenvalue weighted by atomic mass is 10.0. The van der Waals surface area contributed by atoms with Crippen molar-refractivity contribution >= 4 is 16.8 Å². The number of fused-ring (bicyclic) bond motifs is 2. The molecule has 4 rings (SSSR count). The highest BCUT2D eigenvalue weighted by molar-refractivity contribution is 5.83. The summed E-state index contributed by atoms with van der Waals surface area (Å²) in [5.74, 6) is 0.0247. The van der Waals surface area contributed by atoms with E-state index in [9.17, 15) is 9.59 Å². The monoisotopic (exact) mass is 332 g/mol. The Bertz CT molecular complexity index is 1070. The summed E-state index contributed by atoms with van der Waals surface area (Å²) in [7, 11) is 0. The summed E-state index contributed by atoms with van der Waals surface area (Å²) in [5, 5.41) is 10.1. The number of carbonyl (C=O) groups is 1. The number of nitrogens with zero attached hydrogens (tertiary/aromatic N) is 3. The van der Waals surface area contributed by atoms with Gasteiger partial charge in [0.05, 0.1) is 0 Å². The van der Waals surface area contributed by atoms with Gasteiger partial charge in [-0.2, -0.15) is 5.26 Å². The van der Waals surface area contributed by atoms with Crippen LogP contribution in [0.3, 0.4) is 0 Å². The third-order valence-corrected chi connectivity index (χ3v) is 4.67. The van der Waals surface area contributed by atoms with E-state index in [1.165, 1.54) is 0 Å². The van der Waals surface area contributed by atoms with Crippen LogP contribution in [0.4, 0.5) is 0 Å². The zero-order valence-corrected chi connectivity index (χ0v) is 13.5. The van der Waals surface area contributed by atoms with Gasteiger partial charge >= 0.3 is 0 Å². The van der Waals surface area contributed by atoms with Crippen LogP contribution in [-0.2, 0) is 24.3 Å². The van der Waals surface area contributed by atoms with E-state index in [1.807, 2.05) is 47.2 Å². The van der Waals surface area contributed by atoms with Gasteiger partial charge < -0.3 is 14.5 Å². The number of benzene rings is 1. The van der Waals surface area contributed by atoms with E-state index in [4.69, 9.17) is 5.26 Å². The molecule has 1 amide bonds. The number of hydrogen-bond donors (Lipinski definition) is 1. The molecule has 1 aliphatic heterocycles. The average Bonchev–Trinajstić information content (AvgIpc) is 3.04. The lowest BCUT2D eigenvalue weighted by molar-refractivity contribution is -0.132. The Morgan fingerprint density at radius 3 is 2.96 bits per heavy atom. The number of pyridine rings is 1. The minimum absolute atomic E-state index is 0.0247. The van der Waals surface area contributed by atoms with Crippen molar-refractivity contribution in [2.45, 2.75) is 19.5 Å². The van der Waals surface area contributed by atoms with E-state index in [0.29, 0.717) is 19.5 Å². The van der Waals surface area contributed by atoms with Crippen molar-refractivity contribution in [2.24, 2.45) is 0 Å². The third-order valence-electron chi connectivity index (χ3n) is 4.67. The molecule has 6 nitrogen and oxygen atoms in total. The van der Waals surface area contributed by atoms with Gasteiger partial charge in [0, 0.05) is 36.9 Å². The van der Waals surface area contributed by atoms with Crippen molar-refractivity contribution in [1.29, 1.82) is 5.26 Å². The molecular formula is C19H16N4O2. The molecule has 124 valence electrons. The fourth-order valence-corrected chi connectivity index (χ4v) is 3.33. The number of carbonyl (C=O) groups excluding carboxylic acids is 1. The quantitative estimate of drug-likeness (QED) is 0.777. The van der Waals surface area contributed by atoms with Crippen LogP contribution in [-0.4, -0.2) is 26.9 Å². The minimum Gasteiger partial charge on any atom is -0.338 e. The van der Waals surface area contributed by atoms with E-state index in [2.05, 4.69) is 4.98 Å². The molecule has 1 aliphatic rings. The standard InChI is InChI=1S/C19H16N4O2/c20-10-14-9-15-11-23(8-6-16(15)21-19(14)25)18(24)12-22-7-5-13-3-1-2-4-17(13)22/h1-5,7,9H,6,8,11-12H2,(H,21,25). The van der Waals surface area contributed by atoms with Crippen LogP contribution >= 0.6 is 0 Å². The number of aromatic amines is 1. The maximum absolute atomic E-state index is 12.7. The molecule has 0 saturated carbocycles. The number of para-hydroxylation sites is 1. The first-order chi connectivity index (χ1) is 12.2. The van der Waals surface area contributed by atoms with E-state index >= 15 is 0 Å². The summed E-state index contributed by atoms with van der Waals surface area (Å²) < 4.78 is 1.95. The summed E-state index contributed by atoms with van der Waals surface area (Å²) in [6, 6.07) is 13.4. The topological polar surface area (TPSA) is 81.9 Å². The molecule has 1 aromatic carbocycles. The molecule has 0 unspecified atom stereocenters. The van der Waals surface area contributed by atoms with Gasteiger partial charge in [0.15, 0.2) is 0 Å². The molecule has 3 aromatic rings. The summed E-state index contributed by atoms with van der Waals surface area (Å²) in [6.07, 6.45) is 2.51. The predicted molar refractivity (Wildman–Crippen MR) is 92.8 cm³/mol. The van der Waals surface area contributed by atoms with Crippen LogP contribution in [0.1, 0.15) is 16.8 Å². The van der Waals surface area contributed by atoms with Gasteiger partial charge in [0.25, 0.3) is 5.56 Å². The predicted octanol–water partition coefficient (Wildman–Crippen LogP) is 1.79. The number of nitrogens with one attached hydrogen (secondary N) is 1. The van der Waals surface area contributed by atoms with Crippen LogP contribution in [0, 0.1) is 11.3 Å². The Kier molecular flexibility index (Phi) is 3.62. The second kappa shape index (κ2) is 5.95. The first kappa shape index (κ1) is 15.2. The van der Waals surface area contributed by atoms with Gasteiger partial charge in [-0.15, -0.1) is 0 Å². The van der Waals surface area contributed by atoms with E-state index in [0.717, 1.165) is 22.2 Å². The Balaban J connectivity index is 1.56. The number of hydrogen-bond acceptors (Lipinski definition) is 3. The highest BCUT2D eigenvalue weighted by Crippen LogP contribution is 2.19. The molecule has 1 N–H and O–H groups in total. The molecule has 0 saturated heterocycles. The van der Waals surface area contributed by atoms with Gasteiger partial charge in [0.2, 0.25) is 5.91 Å². The first-order valence-corrected chi connectivity index (χ1v) is 8.12. The largest absolute Gasteiger partial charge is 0.338 e. The molecule has 0 aliphatic carbocycles. The minimum atomic E-state index is -0.361. The summed E-state index contributed by atoms with van der Waals surface area (Å²) in [5.41, 5.74) is 2.42. The molecule has 2 aromatic heterocycles. The normalized spacial score (nSPS) is 13.5. The molecule has 0 radical (unpaired) electrons. The van der Waals surface area contributed by atoms with Crippen molar-refractivity contribution in [3.05, 3.63) is 69.8 Å². The Morgan fingerprint density at radius 1 is 1.28 bits per heavy atom. The third kappa shape index (κ3) is 2.70. The maximum Gasteiger partial charge on any atom is 0.266 e. The van der Waals surface area contributed by atoms with Gasteiger partial charge in [-0.3, -0.25) is 9.59 Å². The van der Waals surface area contributed by atoms with Gasteiger partial charge in [0.1, 0.15) is 18.2 Å². The Morgan fingerprint density at radius 2 is 2.12 bits per heavy atom. The second-order valence-corrected chi connectivity index (χ2v) is 6.20. The number of aromatic nitrogens is 2. The highest BCUT2D eigenvalue weighted by atomic mass is 16.2. The fourth-order valence-electron chi connectivity index (χ4n) is 3.33. The second-order valence-electron chi connectivity index (χ2n) is 6.20. The molecule has 3 heterocycles. The number of nitriles is 1. The van der Waals surface area contributed by atoms with E-state index in [1.54, 1.807) is 11.0 Å². The number of amides is 1. The SMILES string of the molecule is N#Cc1cc2c([nH]c1=O)CCN(C(=O)Cn1ccc3ccccc31)C2.